The minimum Gasteiger partial charge on any atom is -0.308 e. The second kappa shape index (κ2) is 5.88. The van der Waals surface area contributed by atoms with Gasteiger partial charge in [0.2, 0.25) is 0 Å². The van der Waals surface area contributed by atoms with Gasteiger partial charge >= 0.3 is 0 Å². The molecule has 0 saturated carbocycles. The molecule has 2 rings (SSSR count). The predicted octanol–water partition coefficient (Wildman–Crippen LogP) is 1.20. The topological polar surface area (TPSA) is 76.9 Å². The highest BCUT2D eigenvalue weighted by Gasteiger charge is 2.38. The molecule has 1 aromatic heterocycles. The van der Waals surface area contributed by atoms with Crippen LogP contribution in [0.3, 0.4) is 0 Å². The zero-order valence-electron chi connectivity index (χ0n) is 11.1. The molecular weight excluding hydrogens is 332 g/mol. The molecule has 8 heteroatoms. The summed E-state index contributed by atoms with van der Waals surface area (Å²) in [6, 6.07) is -0.260. The summed E-state index contributed by atoms with van der Waals surface area (Å²) in [6.07, 6.45) is 2.41. The average Bonchev–Trinajstić information content (AvgIpc) is 2.67. The van der Waals surface area contributed by atoms with Gasteiger partial charge in [-0.05, 0) is 35.3 Å². The van der Waals surface area contributed by atoms with E-state index >= 15 is 0 Å². The summed E-state index contributed by atoms with van der Waals surface area (Å²) in [5, 5.41) is 10.8. The molecule has 6 nitrogen and oxygen atoms in total. The fraction of sp³-hybridized carbons (Fsp3) is 0.818. The average molecular weight is 351 g/mol. The van der Waals surface area contributed by atoms with Crippen molar-refractivity contribution in [3.8, 4) is 0 Å². The summed E-state index contributed by atoms with van der Waals surface area (Å²) in [7, 11) is -1.27. The summed E-state index contributed by atoms with van der Waals surface area (Å²) >= 11 is 3.36. The zero-order valence-corrected chi connectivity index (χ0v) is 13.5. The molecular formula is C11H19BrN4O2S. The first-order valence-corrected chi connectivity index (χ1v) is 8.98. The quantitative estimate of drug-likeness (QED) is 0.882. The third kappa shape index (κ3) is 3.00. The van der Waals surface area contributed by atoms with E-state index in [1.54, 1.807) is 11.7 Å². The smallest absolute Gasteiger partial charge is 0.155 e. The van der Waals surface area contributed by atoms with Gasteiger partial charge < -0.3 is 5.32 Å². The van der Waals surface area contributed by atoms with E-state index in [4.69, 9.17) is 0 Å². The molecule has 19 heavy (non-hydrogen) atoms. The molecule has 2 unspecified atom stereocenters. The highest BCUT2D eigenvalue weighted by Crippen LogP contribution is 2.32. The largest absolute Gasteiger partial charge is 0.308 e. The van der Waals surface area contributed by atoms with Crippen molar-refractivity contribution in [2.24, 2.45) is 7.05 Å². The minimum atomic E-state index is -3.06. The molecule has 0 amide bonds. The fourth-order valence-electron chi connectivity index (χ4n) is 2.65. The summed E-state index contributed by atoms with van der Waals surface area (Å²) in [6.45, 7) is 2.68. The monoisotopic (exact) mass is 350 g/mol. The van der Waals surface area contributed by atoms with E-state index in [2.05, 4.69) is 31.6 Å². The van der Waals surface area contributed by atoms with Crippen LogP contribution >= 0.6 is 15.9 Å². The van der Waals surface area contributed by atoms with E-state index in [1.165, 1.54) is 0 Å². The lowest BCUT2D eigenvalue weighted by Crippen LogP contribution is -2.41. The van der Waals surface area contributed by atoms with E-state index in [0.29, 0.717) is 17.6 Å². The molecule has 1 aliphatic rings. The van der Waals surface area contributed by atoms with Gasteiger partial charge in [0, 0.05) is 7.05 Å². The molecule has 0 bridgehead atoms. The maximum atomic E-state index is 12.3. The van der Waals surface area contributed by atoms with Crippen molar-refractivity contribution < 1.29 is 8.42 Å². The van der Waals surface area contributed by atoms with E-state index in [9.17, 15) is 8.42 Å². The SMILES string of the molecule is CCNC(c1c(Br)nnn1C)C1CCCCS1(=O)=O. The molecule has 0 aliphatic carbocycles. The Morgan fingerprint density at radius 1 is 1.53 bits per heavy atom. The van der Waals surface area contributed by atoms with Crippen LogP contribution in [-0.2, 0) is 16.9 Å². The van der Waals surface area contributed by atoms with Gasteiger partial charge in [0.1, 0.15) is 0 Å². The Hall–Kier alpha value is -0.470. The lowest BCUT2D eigenvalue weighted by Gasteiger charge is -2.30. The maximum absolute atomic E-state index is 12.3. The third-order valence-corrected chi connectivity index (χ3v) is 6.40. The molecule has 1 aliphatic heterocycles. The number of aryl methyl sites for hydroxylation is 1. The predicted molar refractivity (Wildman–Crippen MR) is 76.5 cm³/mol. The molecule has 0 aromatic carbocycles. The number of hydrogen-bond donors (Lipinski definition) is 1. The molecule has 1 saturated heterocycles. The highest BCUT2D eigenvalue weighted by molar-refractivity contribution is 9.10. The Morgan fingerprint density at radius 3 is 2.79 bits per heavy atom. The van der Waals surface area contributed by atoms with Crippen LogP contribution < -0.4 is 5.32 Å². The number of rotatable bonds is 4. The van der Waals surface area contributed by atoms with Gasteiger partial charge in [-0.15, -0.1) is 5.10 Å². The number of aromatic nitrogens is 3. The van der Waals surface area contributed by atoms with Gasteiger partial charge in [-0.25, -0.2) is 13.1 Å². The van der Waals surface area contributed by atoms with Crippen molar-refractivity contribution in [2.45, 2.75) is 37.5 Å². The molecule has 0 spiro atoms. The lowest BCUT2D eigenvalue weighted by atomic mass is 10.0. The van der Waals surface area contributed by atoms with E-state index in [1.807, 2.05) is 6.92 Å². The number of sulfone groups is 1. The second-order valence-corrected chi connectivity index (χ2v) is 7.92. The Balaban J connectivity index is 2.40. The van der Waals surface area contributed by atoms with E-state index in [-0.39, 0.29) is 11.8 Å². The van der Waals surface area contributed by atoms with Gasteiger partial charge in [-0.3, -0.25) is 0 Å². The third-order valence-electron chi connectivity index (χ3n) is 3.55. The van der Waals surface area contributed by atoms with Gasteiger partial charge in [0.15, 0.2) is 14.4 Å². The first-order valence-electron chi connectivity index (χ1n) is 6.47. The second-order valence-electron chi connectivity index (χ2n) is 4.83. The summed E-state index contributed by atoms with van der Waals surface area (Å²) in [5.74, 6) is 0.280. The van der Waals surface area contributed by atoms with Gasteiger partial charge in [-0.1, -0.05) is 18.6 Å². The maximum Gasteiger partial charge on any atom is 0.155 e. The number of hydrogen-bond acceptors (Lipinski definition) is 5. The first-order chi connectivity index (χ1) is 8.97. The van der Waals surface area contributed by atoms with Crippen LogP contribution in [0.5, 0.6) is 0 Å². The van der Waals surface area contributed by atoms with Crippen LogP contribution in [0.25, 0.3) is 0 Å². The van der Waals surface area contributed by atoms with Gasteiger partial charge in [0.25, 0.3) is 0 Å². The minimum absolute atomic E-state index is 0.260. The van der Waals surface area contributed by atoms with Crippen molar-refractivity contribution in [3.05, 3.63) is 10.3 Å². The standard InChI is InChI=1S/C11H19BrN4O2S/c1-3-13-9(10-11(12)14-15-16(10)2)8-6-4-5-7-19(8,17)18/h8-9,13H,3-7H2,1-2H3. The van der Waals surface area contributed by atoms with Crippen LogP contribution in [0.1, 0.15) is 37.9 Å². The number of halogens is 1. The van der Waals surface area contributed by atoms with Gasteiger partial charge in [-0.2, -0.15) is 0 Å². The lowest BCUT2D eigenvalue weighted by molar-refractivity contribution is 0.433. The van der Waals surface area contributed by atoms with E-state index < -0.39 is 15.1 Å². The van der Waals surface area contributed by atoms with Gasteiger partial charge in [0.05, 0.1) is 22.7 Å². The Morgan fingerprint density at radius 2 is 2.26 bits per heavy atom. The van der Waals surface area contributed by atoms with Crippen molar-refractivity contribution in [1.29, 1.82) is 0 Å². The zero-order chi connectivity index (χ0) is 14.0. The molecule has 0 radical (unpaired) electrons. The number of nitrogens with one attached hydrogen (secondary N) is 1. The Kier molecular flexibility index (Phi) is 4.62. The molecule has 2 heterocycles. The first kappa shape index (κ1) is 14.9. The molecule has 2 atom stereocenters. The van der Waals surface area contributed by atoms with E-state index in [0.717, 1.165) is 18.5 Å². The molecule has 1 fully saturated rings. The van der Waals surface area contributed by atoms with Crippen molar-refractivity contribution in [2.75, 3.05) is 12.3 Å². The summed E-state index contributed by atoms with van der Waals surface area (Å²) < 4.78 is 26.9. The van der Waals surface area contributed by atoms with Crippen molar-refractivity contribution in [1.82, 2.24) is 20.3 Å². The molecule has 1 N–H and O–H groups in total. The van der Waals surface area contributed by atoms with Crippen molar-refractivity contribution in [3.63, 3.8) is 0 Å². The molecule has 1 aromatic rings. The highest BCUT2D eigenvalue weighted by atomic mass is 79.9. The van der Waals surface area contributed by atoms with Crippen LogP contribution in [0.4, 0.5) is 0 Å². The Labute approximate surface area is 122 Å². The molecule has 108 valence electrons. The van der Waals surface area contributed by atoms with Crippen LogP contribution in [0.2, 0.25) is 0 Å². The normalized spacial score (nSPS) is 24.3. The summed E-state index contributed by atoms with van der Waals surface area (Å²) in [5.41, 5.74) is 0.803. The number of nitrogens with zero attached hydrogens (tertiary/aromatic N) is 3. The summed E-state index contributed by atoms with van der Waals surface area (Å²) in [4.78, 5) is 0. The van der Waals surface area contributed by atoms with Crippen LogP contribution in [0, 0.1) is 0 Å². The van der Waals surface area contributed by atoms with Crippen LogP contribution in [0.15, 0.2) is 4.60 Å². The van der Waals surface area contributed by atoms with Crippen LogP contribution in [-0.4, -0.2) is 41.0 Å². The fourth-order valence-corrected chi connectivity index (χ4v) is 5.30. The Bertz CT molecular complexity index is 523. The van der Waals surface area contributed by atoms with Crippen molar-refractivity contribution >= 4 is 25.8 Å².